The number of hydrogen-bond donors (Lipinski definition) is 12. The highest BCUT2D eigenvalue weighted by Crippen LogP contribution is 2.47. The molecule has 8 aromatic rings. The van der Waals surface area contributed by atoms with E-state index in [0.29, 0.717) is 46.7 Å². The molecule has 0 aliphatic carbocycles. The molecule has 14 rings (SSSR count). The van der Waals surface area contributed by atoms with Gasteiger partial charge in [0.05, 0.1) is 126 Å². The van der Waals surface area contributed by atoms with Crippen LogP contribution in [-0.4, -0.2) is 129 Å². The number of carbonyl (C=O) groups is 8. The summed E-state index contributed by atoms with van der Waals surface area (Å²) in [5, 5.41) is 34.5. The summed E-state index contributed by atoms with van der Waals surface area (Å²) >= 11 is 0. The molecule has 6 amide bonds. The highest BCUT2D eigenvalue weighted by atomic mass is 19.4. The van der Waals surface area contributed by atoms with Crippen LogP contribution in [0.1, 0.15) is 194 Å². The first-order valence-corrected chi connectivity index (χ1v) is 42.1. The Morgan fingerprint density at radius 3 is 0.776 bits per heavy atom. The molecule has 6 aliphatic heterocycles. The van der Waals surface area contributed by atoms with Gasteiger partial charge in [0.25, 0.3) is 0 Å². The molecule has 8 aromatic carbocycles. The maximum absolute atomic E-state index is 13.3. The Morgan fingerprint density at radius 2 is 0.530 bits per heavy atom. The van der Waals surface area contributed by atoms with E-state index in [4.69, 9.17) is 9.47 Å². The molecule has 724 valence electrons. The Morgan fingerprint density at radius 1 is 0.299 bits per heavy atom. The number of carbonyl (C=O) groups excluding carboxylic acids is 8. The van der Waals surface area contributed by atoms with Gasteiger partial charge in [-0.1, -0.05) is 74.5 Å². The second-order valence-electron chi connectivity index (χ2n) is 30.8. The molecule has 0 saturated heterocycles. The molecule has 0 fully saturated rings. The SMILES string of the molecule is CCOC(=O)[C@@H]1C[C@H](NC(=O)OC)c2cc(C(F)(F)F)ccc2N1.CCOC(=O)[C@H]1C[C@@H](NC(=O)OC)c2cc(C(F)(F)F)ccc2N1.CC[C@@H]1C[C@H](NC(=O)OC)c2cc(F)ccc2N1.CC[C@H]1C[C@@H](NC(=O)OC)c2cc(F)ccc2N1.COC(=O)N[C@@H]1C[C@H](c2ccccc2)Nc2ccc(C(F)(F)F)cc21.COC(=O)N[C@H]1C[C@@H](c2ccccc2)Nc2ccc(C(F)(F)F)cc21. The number of alkyl carbamates (subject to hydrolysis) is 6. The Balaban J connectivity index is 0.000000181. The molecule has 12 atom stereocenters. The molecule has 0 radical (unpaired) electrons. The fraction of sp³-hybridized carbons (Fsp3) is 0.391. The molecule has 0 aromatic heterocycles. The number of amides is 6. The van der Waals surface area contributed by atoms with Crippen LogP contribution in [0.4, 0.5) is 124 Å². The number of fused-ring (bicyclic) bond motifs is 6. The topological polar surface area (TPSA) is 355 Å². The first-order valence-electron chi connectivity index (χ1n) is 42.1. The zero-order valence-electron chi connectivity index (χ0n) is 74.0. The van der Waals surface area contributed by atoms with Gasteiger partial charge in [0.1, 0.15) is 23.7 Å². The van der Waals surface area contributed by atoms with Crippen molar-refractivity contribution < 1.29 is 138 Å². The maximum atomic E-state index is 13.3. The summed E-state index contributed by atoms with van der Waals surface area (Å²) in [5.74, 6) is -1.69. The van der Waals surface area contributed by atoms with Crippen molar-refractivity contribution in [1.82, 2.24) is 31.9 Å². The van der Waals surface area contributed by atoms with Crippen molar-refractivity contribution in [2.45, 2.75) is 176 Å². The van der Waals surface area contributed by atoms with Gasteiger partial charge in [0.2, 0.25) is 0 Å². The number of rotatable bonds is 14. The number of methoxy groups -OCH3 is 6. The molecule has 0 unspecified atom stereocenters. The predicted molar refractivity (Wildman–Crippen MR) is 465 cm³/mol. The van der Waals surface area contributed by atoms with E-state index in [1.54, 1.807) is 26.0 Å². The standard InChI is InChI=1S/2C18H17F3N2O2.2C15H17F3N2O4.2C13H17FN2O2/c2*1-25-17(24)23-16-10-15(11-5-3-2-4-6-11)22-14-8-7-12(9-13(14)16)18(19,20)21;2*1-3-24-13(21)12-7-11(20-14(22)23-2)9-6-8(15(16,17)18)4-5-10(9)19-12;2*1-3-9-7-12(16-13(17)18-2)10-6-8(14)4-5-11(10)15-9/h2*2-9,15-16,22H,10H2,1H3,(H,23,24);2*4-6,11-12,19H,3,7H2,1-2H3,(H,20,22);2*4-6,9,12,15H,3,7H2,1-2H3,(H,16,17)/t2*15-,16-;2*11-,12-;2*9-,12+/m101010/s1. The lowest BCUT2D eigenvalue weighted by Crippen LogP contribution is -2.42. The highest BCUT2D eigenvalue weighted by molar-refractivity contribution is 5.83. The summed E-state index contributed by atoms with van der Waals surface area (Å²) in [6, 6.07) is 36.9. The van der Waals surface area contributed by atoms with E-state index >= 15 is 0 Å². The minimum atomic E-state index is -4.51. The molecule has 0 bridgehead atoms. The lowest BCUT2D eigenvalue weighted by Gasteiger charge is -2.34. The minimum absolute atomic E-state index is 0.0439. The average Bonchev–Trinajstić information content (AvgIpc) is 0.781. The van der Waals surface area contributed by atoms with E-state index < -0.39 is 132 Å². The fourth-order valence-electron chi connectivity index (χ4n) is 15.5. The molecule has 28 nitrogen and oxygen atoms in total. The van der Waals surface area contributed by atoms with Gasteiger partial charge in [0, 0.05) is 70.2 Å². The number of halogens is 14. The smallest absolute Gasteiger partial charge is 0.416 e. The Labute approximate surface area is 761 Å². The second kappa shape index (κ2) is 47.0. The van der Waals surface area contributed by atoms with E-state index in [1.807, 2.05) is 60.7 Å². The number of benzene rings is 8. The van der Waals surface area contributed by atoms with Gasteiger partial charge in [-0.3, -0.25) is 0 Å². The Bertz CT molecular complexity index is 5030. The Kier molecular flexibility index (Phi) is 36.4. The van der Waals surface area contributed by atoms with Crippen LogP contribution in [0, 0.1) is 11.6 Å². The number of alkyl halides is 12. The monoisotopic (exact) mass is 1900 g/mol. The van der Waals surface area contributed by atoms with Crippen molar-refractivity contribution in [3.8, 4) is 0 Å². The van der Waals surface area contributed by atoms with Crippen molar-refractivity contribution >= 4 is 82.6 Å². The van der Waals surface area contributed by atoms with Crippen molar-refractivity contribution in [3.05, 3.63) is 248 Å². The van der Waals surface area contributed by atoms with E-state index in [1.165, 1.54) is 77.0 Å². The number of ether oxygens (including phenoxy) is 8. The first kappa shape index (κ1) is 104. The van der Waals surface area contributed by atoms with Gasteiger partial charge in [-0.15, -0.1) is 0 Å². The van der Waals surface area contributed by atoms with E-state index in [2.05, 4.69) is 106 Å². The molecule has 0 spiro atoms. The molecule has 6 aliphatic rings. The molecule has 0 saturated carbocycles. The van der Waals surface area contributed by atoms with Crippen molar-refractivity contribution in [1.29, 1.82) is 0 Å². The highest BCUT2D eigenvalue weighted by Gasteiger charge is 2.42. The summed E-state index contributed by atoms with van der Waals surface area (Å²) in [6.45, 7) is 7.78. The zero-order valence-corrected chi connectivity index (χ0v) is 74.0. The quantitative estimate of drug-likeness (QED) is 0.0273. The lowest BCUT2D eigenvalue weighted by atomic mass is 9.88. The third-order valence-corrected chi connectivity index (χ3v) is 22.2. The number of anilines is 6. The minimum Gasteiger partial charge on any atom is -0.464 e. The maximum Gasteiger partial charge on any atom is 0.416 e. The van der Waals surface area contributed by atoms with Crippen molar-refractivity contribution in [3.63, 3.8) is 0 Å². The van der Waals surface area contributed by atoms with Crippen LogP contribution in [0.15, 0.2) is 170 Å². The van der Waals surface area contributed by atoms with Crippen molar-refractivity contribution in [2.75, 3.05) is 87.8 Å². The summed E-state index contributed by atoms with van der Waals surface area (Å²) in [7, 11) is 7.37. The van der Waals surface area contributed by atoms with Crippen molar-refractivity contribution in [2.24, 2.45) is 0 Å². The van der Waals surface area contributed by atoms with Crippen LogP contribution in [0.2, 0.25) is 0 Å². The summed E-state index contributed by atoms with van der Waals surface area (Å²) in [4.78, 5) is 92.7. The Hall–Kier alpha value is -13.9. The van der Waals surface area contributed by atoms with E-state index in [-0.39, 0.29) is 85.1 Å². The van der Waals surface area contributed by atoms with E-state index in [0.717, 1.165) is 122 Å². The molecule has 42 heteroatoms. The van der Waals surface area contributed by atoms with Gasteiger partial charge in [-0.25, -0.2) is 47.1 Å². The molecule has 12 N–H and O–H groups in total. The van der Waals surface area contributed by atoms with Gasteiger partial charge in [0.15, 0.2) is 0 Å². The zero-order chi connectivity index (χ0) is 98.1. The number of hydrogen-bond acceptors (Lipinski definition) is 22. The fourth-order valence-corrected chi connectivity index (χ4v) is 15.5. The van der Waals surface area contributed by atoms with Crippen LogP contribution < -0.4 is 63.8 Å². The van der Waals surface area contributed by atoms with Crippen LogP contribution in [0.25, 0.3) is 0 Å². The molecule has 6 heterocycles. The molecular formula is C92H102F14N12O16. The first-order chi connectivity index (χ1) is 63.5. The van der Waals surface area contributed by atoms with Gasteiger partial charge < -0.3 is 102 Å². The molecule has 134 heavy (non-hydrogen) atoms. The number of nitrogens with one attached hydrogen (secondary N) is 12. The van der Waals surface area contributed by atoms with Crippen LogP contribution in [0.5, 0.6) is 0 Å². The van der Waals surface area contributed by atoms with Crippen LogP contribution >= 0.6 is 0 Å². The third kappa shape index (κ3) is 28.6. The summed E-state index contributed by atoms with van der Waals surface area (Å²) in [5.41, 5.74) is 5.13. The summed E-state index contributed by atoms with van der Waals surface area (Å²) < 4.78 is 219. The summed E-state index contributed by atoms with van der Waals surface area (Å²) in [6.07, 6.45) is -17.6. The largest absolute Gasteiger partial charge is 0.464 e. The normalized spacial score (nSPS) is 20.2. The van der Waals surface area contributed by atoms with Gasteiger partial charge in [-0.05, 0) is 195 Å². The van der Waals surface area contributed by atoms with Gasteiger partial charge in [-0.2, -0.15) is 52.7 Å². The van der Waals surface area contributed by atoms with E-state index in [9.17, 15) is 99.8 Å². The number of esters is 2. The van der Waals surface area contributed by atoms with Crippen LogP contribution in [0.3, 0.4) is 0 Å². The van der Waals surface area contributed by atoms with Gasteiger partial charge >= 0.3 is 73.2 Å². The second-order valence-corrected chi connectivity index (χ2v) is 30.8. The third-order valence-electron chi connectivity index (χ3n) is 22.2. The molecular weight excluding hydrogens is 1800 g/mol. The average molecular weight is 1900 g/mol. The van der Waals surface area contributed by atoms with Crippen LogP contribution in [-0.2, 0) is 72.2 Å². The lowest BCUT2D eigenvalue weighted by molar-refractivity contribution is -0.145. The predicted octanol–water partition coefficient (Wildman–Crippen LogP) is 20.7.